The van der Waals surface area contributed by atoms with Gasteiger partial charge in [-0.25, -0.2) is 0 Å². The van der Waals surface area contributed by atoms with Crippen molar-refractivity contribution in [2.75, 3.05) is 19.7 Å². The molecule has 2 saturated heterocycles. The van der Waals surface area contributed by atoms with E-state index in [0.29, 0.717) is 6.04 Å². The molecule has 1 N–H and O–H groups in total. The Morgan fingerprint density at radius 3 is 2.67 bits per heavy atom. The first-order valence-electron chi connectivity index (χ1n) is 9.39. The average Bonchev–Trinajstić information content (AvgIpc) is 2.55. The zero-order chi connectivity index (χ0) is 14.7. The highest BCUT2D eigenvalue weighted by Crippen LogP contribution is 2.40. The molecule has 1 spiro atoms. The van der Waals surface area contributed by atoms with Crippen LogP contribution in [-0.4, -0.2) is 48.3 Å². The highest BCUT2D eigenvalue weighted by Gasteiger charge is 2.42. The topological polar surface area (TPSA) is 24.5 Å². The third-order valence-electron chi connectivity index (χ3n) is 6.21. The predicted molar refractivity (Wildman–Crippen MR) is 87.7 cm³/mol. The van der Waals surface area contributed by atoms with Crippen molar-refractivity contribution in [2.45, 2.75) is 95.4 Å². The van der Waals surface area contributed by atoms with Crippen LogP contribution >= 0.6 is 0 Å². The van der Waals surface area contributed by atoms with Crippen LogP contribution in [0.1, 0.15) is 71.6 Å². The number of hydrogen-bond donors (Lipinski definition) is 1. The Kier molecular flexibility index (Phi) is 5.23. The van der Waals surface area contributed by atoms with E-state index in [1.807, 2.05) is 0 Å². The van der Waals surface area contributed by atoms with Crippen LogP contribution in [0, 0.1) is 0 Å². The number of nitrogens with one attached hydrogen (secondary N) is 1. The fourth-order valence-corrected chi connectivity index (χ4v) is 4.82. The van der Waals surface area contributed by atoms with Crippen LogP contribution in [0.25, 0.3) is 0 Å². The highest BCUT2D eigenvalue weighted by atomic mass is 16.5. The summed E-state index contributed by atoms with van der Waals surface area (Å²) < 4.78 is 6.31. The van der Waals surface area contributed by atoms with Crippen molar-refractivity contribution in [3.05, 3.63) is 0 Å². The summed E-state index contributed by atoms with van der Waals surface area (Å²) in [5.74, 6) is 0. The van der Waals surface area contributed by atoms with Crippen LogP contribution in [0.3, 0.4) is 0 Å². The minimum absolute atomic E-state index is 0.242. The summed E-state index contributed by atoms with van der Waals surface area (Å²) >= 11 is 0. The van der Waals surface area contributed by atoms with E-state index >= 15 is 0 Å². The molecule has 3 nitrogen and oxygen atoms in total. The first-order valence-corrected chi connectivity index (χ1v) is 9.39. The fourth-order valence-electron chi connectivity index (χ4n) is 4.82. The van der Waals surface area contributed by atoms with Gasteiger partial charge in [0, 0.05) is 37.8 Å². The van der Waals surface area contributed by atoms with Crippen LogP contribution in [0.5, 0.6) is 0 Å². The third kappa shape index (κ3) is 3.46. The lowest BCUT2D eigenvalue weighted by Crippen LogP contribution is -2.61. The summed E-state index contributed by atoms with van der Waals surface area (Å²) in [5, 5.41) is 3.74. The van der Waals surface area contributed by atoms with Crippen molar-refractivity contribution >= 4 is 0 Å². The molecule has 1 saturated carbocycles. The van der Waals surface area contributed by atoms with Crippen molar-refractivity contribution in [1.29, 1.82) is 0 Å². The molecule has 2 aliphatic heterocycles. The SMILES string of the molecule is CCC1CN(C2CCOC3(CCCCC3)C2)C(CC)CN1. The van der Waals surface area contributed by atoms with Gasteiger partial charge in [0.2, 0.25) is 0 Å². The van der Waals surface area contributed by atoms with Crippen molar-refractivity contribution in [3.63, 3.8) is 0 Å². The molecule has 1 aliphatic carbocycles. The maximum Gasteiger partial charge on any atom is 0.0697 e. The summed E-state index contributed by atoms with van der Waals surface area (Å²) in [6.45, 7) is 8.08. The summed E-state index contributed by atoms with van der Waals surface area (Å²) in [7, 11) is 0. The molecule has 3 atom stereocenters. The first kappa shape index (κ1) is 15.8. The quantitative estimate of drug-likeness (QED) is 0.864. The second-order valence-electron chi connectivity index (χ2n) is 7.51. The van der Waals surface area contributed by atoms with Gasteiger partial charge in [0.15, 0.2) is 0 Å². The van der Waals surface area contributed by atoms with Crippen LogP contribution in [-0.2, 0) is 4.74 Å². The molecule has 0 aromatic rings. The normalized spacial score (nSPS) is 37.7. The largest absolute Gasteiger partial charge is 0.375 e. The van der Waals surface area contributed by atoms with Gasteiger partial charge in [-0.15, -0.1) is 0 Å². The standard InChI is InChI=1S/C18H34N2O/c1-3-15-14-20(16(4-2)13-19-15)17-8-11-21-18(12-17)9-6-5-7-10-18/h15-17,19H,3-14H2,1-2H3. The summed E-state index contributed by atoms with van der Waals surface area (Å²) in [5.41, 5.74) is 0.242. The molecule has 0 amide bonds. The lowest BCUT2D eigenvalue weighted by Gasteiger charge is -2.51. The lowest BCUT2D eigenvalue weighted by molar-refractivity contribution is -0.131. The third-order valence-corrected chi connectivity index (χ3v) is 6.21. The first-order chi connectivity index (χ1) is 10.3. The average molecular weight is 294 g/mol. The van der Waals surface area contributed by atoms with E-state index in [2.05, 4.69) is 24.1 Å². The van der Waals surface area contributed by atoms with Gasteiger partial charge in [0.05, 0.1) is 5.60 Å². The number of hydrogen-bond acceptors (Lipinski definition) is 3. The maximum absolute atomic E-state index is 6.31. The van der Waals surface area contributed by atoms with Gasteiger partial charge in [-0.3, -0.25) is 4.90 Å². The molecule has 122 valence electrons. The molecule has 3 aliphatic rings. The van der Waals surface area contributed by atoms with E-state index in [1.54, 1.807) is 0 Å². The molecule has 0 radical (unpaired) electrons. The van der Waals surface area contributed by atoms with Crippen molar-refractivity contribution in [3.8, 4) is 0 Å². The van der Waals surface area contributed by atoms with Gasteiger partial charge in [-0.05, 0) is 38.5 Å². The van der Waals surface area contributed by atoms with E-state index in [9.17, 15) is 0 Å². The van der Waals surface area contributed by atoms with E-state index in [0.717, 1.165) is 18.7 Å². The molecular formula is C18H34N2O. The number of nitrogens with zero attached hydrogens (tertiary/aromatic N) is 1. The van der Waals surface area contributed by atoms with E-state index in [1.165, 1.54) is 70.9 Å². The minimum atomic E-state index is 0.242. The number of rotatable bonds is 3. The molecule has 0 aromatic carbocycles. The summed E-state index contributed by atoms with van der Waals surface area (Å²) in [6.07, 6.45) is 11.8. The van der Waals surface area contributed by atoms with Gasteiger partial charge in [0.1, 0.15) is 0 Å². The predicted octanol–water partition coefficient (Wildman–Crippen LogP) is 3.33. The fraction of sp³-hybridized carbons (Fsp3) is 1.00. The smallest absolute Gasteiger partial charge is 0.0697 e. The van der Waals surface area contributed by atoms with E-state index in [4.69, 9.17) is 4.74 Å². The zero-order valence-electron chi connectivity index (χ0n) is 14.1. The van der Waals surface area contributed by atoms with Crippen molar-refractivity contribution in [2.24, 2.45) is 0 Å². The summed E-state index contributed by atoms with van der Waals surface area (Å²) in [4.78, 5) is 2.85. The van der Waals surface area contributed by atoms with Gasteiger partial charge in [0.25, 0.3) is 0 Å². The monoisotopic (exact) mass is 294 g/mol. The number of ether oxygens (including phenoxy) is 1. The zero-order valence-corrected chi connectivity index (χ0v) is 14.1. The molecule has 3 fully saturated rings. The molecule has 3 rings (SSSR count). The van der Waals surface area contributed by atoms with Crippen molar-refractivity contribution in [1.82, 2.24) is 10.2 Å². The Hall–Kier alpha value is -0.120. The van der Waals surface area contributed by atoms with Crippen LogP contribution in [0.2, 0.25) is 0 Å². The van der Waals surface area contributed by atoms with Gasteiger partial charge < -0.3 is 10.1 Å². The lowest BCUT2D eigenvalue weighted by atomic mass is 9.77. The van der Waals surface area contributed by atoms with Crippen LogP contribution < -0.4 is 5.32 Å². The molecular weight excluding hydrogens is 260 g/mol. The van der Waals surface area contributed by atoms with Gasteiger partial charge in [-0.1, -0.05) is 33.1 Å². The van der Waals surface area contributed by atoms with E-state index < -0.39 is 0 Å². The Labute approximate surface area is 130 Å². The molecule has 2 heterocycles. The van der Waals surface area contributed by atoms with E-state index in [-0.39, 0.29) is 5.60 Å². The molecule has 0 bridgehead atoms. The Morgan fingerprint density at radius 1 is 1.14 bits per heavy atom. The van der Waals surface area contributed by atoms with Gasteiger partial charge >= 0.3 is 0 Å². The number of piperazine rings is 1. The Bertz CT molecular complexity index is 322. The molecule has 21 heavy (non-hydrogen) atoms. The second kappa shape index (κ2) is 6.97. The molecule has 0 aromatic heterocycles. The van der Waals surface area contributed by atoms with Crippen LogP contribution in [0.15, 0.2) is 0 Å². The van der Waals surface area contributed by atoms with Gasteiger partial charge in [-0.2, -0.15) is 0 Å². The molecule has 3 unspecified atom stereocenters. The van der Waals surface area contributed by atoms with Crippen LogP contribution in [0.4, 0.5) is 0 Å². The summed E-state index contributed by atoms with van der Waals surface area (Å²) in [6, 6.07) is 2.19. The minimum Gasteiger partial charge on any atom is -0.375 e. The Balaban J connectivity index is 1.68. The molecule has 3 heteroatoms. The maximum atomic E-state index is 6.31. The van der Waals surface area contributed by atoms with Crippen molar-refractivity contribution < 1.29 is 4.74 Å². The highest BCUT2D eigenvalue weighted by molar-refractivity contribution is 4.96. The Morgan fingerprint density at radius 2 is 1.95 bits per heavy atom. The second-order valence-corrected chi connectivity index (χ2v) is 7.51.